The monoisotopic (exact) mass is 802 g/mol. The van der Waals surface area contributed by atoms with Crippen molar-refractivity contribution in [2.24, 2.45) is 0 Å². The van der Waals surface area contributed by atoms with Crippen LogP contribution in [-0.2, 0) is 14.3 Å². The summed E-state index contributed by atoms with van der Waals surface area (Å²) in [6.45, 7) is 4.83. The van der Waals surface area contributed by atoms with Crippen molar-refractivity contribution in [2.45, 2.75) is 264 Å². The molecule has 334 valence electrons. The quantitative estimate of drug-likeness (QED) is 0.0324. The van der Waals surface area contributed by atoms with E-state index in [1.54, 1.807) is 6.08 Å². The number of hydrogen-bond donors (Lipinski definition) is 3. The van der Waals surface area contributed by atoms with Crippen molar-refractivity contribution in [2.75, 3.05) is 13.2 Å². The second-order valence-electron chi connectivity index (χ2n) is 16.8. The van der Waals surface area contributed by atoms with Crippen LogP contribution in [0.5, 0.6) is 0 Å². The molecular formula is C51H95NO5. The Morgan fingerprint density at radius 3 is 1.37 bits per heavy atom. The molecule has 0 bridgehead atoms. The van der Waals surface area contributed by atoms with Gasteiger partial charge in [0.25, 0.3) is 0 Å². The molecule has 0 saturated heterocycles. The van der Waals surface area contributed by atoms with Gasteiger partial charge in [0.15, 0.2) is 0 Å². The molecule has 0 radical (unpaired) electrons. The van der Waals surface area contributed by atoms with E-state index in [2.05, 4.69) is 37.4 Å². The summed E-state index contributed by atoms with van der Waals surface area (Å²) in [5.41, 5.74) is 0. The van der Waals surface area contributed by atoms with Gasteiger partial charge in [-0.1, -0.05) is 224 Å². The van der Waals surface area contributed by atoms with Crippen molar-refractivity contribution < 1.29 is 24.5 Å². The molecule has 57 heavy (non-hydrogen) atoms. The smallest absolute Gasteiger partial charge is 0.305 e. The lowest BCUT2D eigenvalue weighted by molar-refractivity contribution is -0.143. The van der Waals surface area contributed by atoms with Crippen molar-refractivity contribution in [3.63, 3.8) is 0 Å². The molecule has 0 spiro atoms. The van der Waals surface area contributed by atoms with Gasteiger partial charge in [0.05, 0.1) is 25.4 Å². The van der Waals surface area contributed by atoms with Gasteiger partial charge in [0.1, 0.15) is 0 Å². The SMILES string of the molecule is CCCCCCCCCCCCCC/C=C/C(O)C(CO)NC(=O)CC/C=C\C/C=C\CCCCCCCCOC(=O)CCCCCCCCCCCCCCC. The van der Waals surface area contributed by atoms with Gasteiger partial charge >= 0.3 is 5.97 Å². The average molecular weight is 802 g/mol. The van der Waals surface area contributed by atoms with Crippen LogP contribution in [0.25, 0.3) is 0 Å². The van der Waals surface area contributed by atoms with Crippen LogP contribution in [0.15, 0.2) is 36.5 Å². The molecule has 1 amide bonds. The van der Waals surface area contributed by atoms with E-state index in [9.17, 15) is 19.8 Å². The van der Waals surface area contributed by atoms with E-state index in [-0.39, 0.29) is 18.5 Å². The zero-order valence-electron chi connectivity index (χ0n) is 37.8. The van der Waals surface area contributed by atoms with Gasteiger partial charge in [-0.15, -0.1) is 0 Å². The molecule has 0 aliphatic heterocycles. The average Bonchev–Trinajstić information content (AvgIpc) is 3.21. The second-order valence-corrected chi connectivity index (χ2v) is 16.8. The van der Waals surface area contributed by atoms with Crippen molar-refractivity contribution >= 4 is 11.9 Å². The first-order chi connectivity index (χ1) is 28.0. The fourth-order valence-electron chi connectivity index (χ4n) is 7.33. The van der Waals surface area contributed by atoms with Crippen molar-refractivity contribution in [1.82, 2.24) is 5.32 Å². The number of carbonyl (C=O) groups is 2. The molecule has 2 atom stereocenters. The zero-order valence-corrected chi connectivity index (χ0v) is 37.8. The second kappa shape index (κ2) is 46.8. The van der Waals surface area contributed by atoms with Crippen molar-refractivity contribution in [3.8, 4) is 0 Å². The minimum Gasteiger partial charge on any atom is -0.466 e. The standard InChI is InChI=1S/C51H95NO5/c1-3-5-7-9-11-13-15-17-20-23-27-31-35-39-43-49(54)48(47-53)52-50(55)44-40-36-32-28-24-21-18-22-26-30-34-38-42-46-57-51(56)45-41-37-33-29-25-19-16-14-12-10-8-6-4-2/h21,24,32,36,39,43,48-49,53-54H,3-20,22-23,25-31,33-35,37-38,40-42,44-47H2,1-2H3,(H,52,55)/b24-21-,36-32-,43-39+. The third kappa shape index (κ3) is 43.5. The minimum absolute atomic E-state index is 0.0177. The maximum Gasteiger partial charge on any atom is 0.305 e. The summed E-state index contributed by atoms with van der Waals surface area (Å²) in [6.07, 6.45) is 55.8. The number of ether oxygens (including phenoxy) is 1. The molecule has 6 nitrogen and oxygen atoms in total. The Balaban J connectivity index is 3.59. The van der Waals surface area contributed by atoms with Crippen LogP contribution in [-0.4, -0.2) is 47.4 Å². The lowest BCUT2D eigenvalue weighted by atomic mass is 10.0. The van der Waals surface area contributed by atoms with E-state index in [1.165, 1.54) is 167 Å². The first kappa shape index (κ1) is 55.1. The van der Waals surface area contributed by atoms with Gasteiger partial charge in [0.2, 0.25) is 5.91 Å². The van der Waals surface area contributed by atoms with Crippen LogP contribution in [0.3, 0.4) is 0 Å². The van der Waals surface area contributed by atoms with Gasteiger partial charge in [-0.2, -0.15) is 0 Å². The number of hydrogen-bond acceptors (Lipinski definition) is 5. The number of unbranched alkanes of at least 4 members (excludes halogenated alkanes) is 30. The normalized spacial score (nSPS) is 13.0. The van der Waals surface area contributed by atoms with E-state index in [0.29, 0.717) is 25.9 Å². The van der Waals surface area contributed by atoms with Crippen LogP contribution in [0.2, 0.25) is 0 Å². The van der Waals surface area contributed by atoms with E-state index < -0.39 is 12.1 Å². The highest BCUT2D eigenvalue weighted by molar-refractivity contribution is 5.76. The molecule has 0 aromatic heterocycles. The van der Waals surface area contributed by atoms with E-state index in [1.807, 2.05) is 12.2 Å². The van der Waals surface area contributed by atoms with Gasteiger partial charge in [-0.05, 0) is 51.4 Å². The topological polar surface area (TPSA) is 95.9 Å². The van der Waals surface area contributed by atoms with Crippen molar-refractivity contribution in [1.29, 1.82) is 0 Å². The summed E-state index contributed by atoms with van der Waals surface area (Å²) in [7, 11) is 0. The Kier molecular flexibility index (Phi) is 45.2. The highest BCUT2D eigenvalue weighted by Gasteiger charge is 2.17. The molecule has 0 saturated carbocycles. The number of rotatable bonds is 45. The number of nitrogens with one attached hydrogen (secondary N) is 1. The maximum atomic E-state index is 12.4. The third-order valence-corrected chi connectivity index (χ3v) is 11.2. The summed E-state index contributed by atoms with van der Waals surface area (Å²) >= 11 is 0. The summed E-state index contributed by atoms with van der Waals surface area (Å²) in [4.78, 5) is 24.4. The van der Waals surface area contributed by atoms with Gasteiger partial charge < -0.3 is 20.3 Å². The highest BCUT2D eigenvalue weighted by Crippen LogP contribution is 2.15. The molecule has 2 unspecified atom stereocenters. The summed E-state index contributed by atoms with van der Waals surface area (Å²) < 4.78 is 5.44. The Bertz CT molecular complexity index is 931. The number of allylic oxidation sites excluding steroid dienone is 5. The summed E-state index contributed by atoms with van der Waals surface area (Å²) in [5.74, 6) is -0.167. The number of carbonyl (C=O) groups excluding carboxylic acids is 2. The molecule has 0 heterocycles. The first-order valence-electron chi connectivity index (χ1n) is 24.8. The molecule has 0 aliphatic rings. The maximum absolute atomic E-state index is 12.4. The lowest BCUT2D eigenvalue weighted by Crippen LogP contribution is -2.45. The number of amides is 1. The molecule has 0 aromatic carbocycles. The Labute approximate surface area is 353 Å². The molecule has 0 aliphatic carbocycles. The summed E-state index contributed by atoms with van der Waals surface area (Å²) in [6, 6.07) is -0.670. The fraction of sp³-hybridized carbons (Fsp3) is 0.843. The molecule has 3 N–H and O–H groups in total. The largest absolute Gasteiger partial charge is 0.466 e. The first-order valence-corrected chi connectivity index (χ1v) is 24.8. The van der Waals surface area contributed by atoms with E-state index >= 15 is 0 Å². The van der Waals surface area contributed by atoms with Crippen LogP contribution < -0.4 is 5.32 Å². The van der Waals surface area contributed by atoms with E-state index in [0.717, 1.165) is 51.4 Å². The highest BCUT2D eigenvalue weighted by atomic mass is 16.5. The Morgan fingerprint density at radius 2 is 0.895 bits per heavy atom. The van der Waals surface area contributed by atoms with Crippen LogP contribution in [0, 0.1) is 0 Å². The van der Waals surface area contributed by atoms with Gasteiger partial charge in [0, 0.05) is 12.8 Å². The van der Waals surface area contributed by atoms with Crippen LogP contribution in [0.4, 0.5) is 0 Å². The zero-order chi connectivity index (χ0) is 41.5. The van der Waals surface area contributed by atoms with Crippen molar-refractivity contribution in [3.05, 3.63) is 36.5 Å². The molecular weight excluding hydrogens is 707 g/mol. The van der Waals surface area contributed by atoms with Crippen LogP contribution >= 0.6 is 0 Å². The summed E-state index contributed by atoms with van der Waals surface area (Å²) in [5, 5.41) is 22.9. The predicted molar refractivity (Wildman–Crippen MR) is 246 cm³/mol. The number of esters is 1. The fourth-order valence-corrected chi connectivity index (χ4v) is 7.33. The van der Waals surface area contributed by atoms with Gasteiger partial charge in [-0.25, -0.2) is 0 Å². The molecule has 0 aromatic rings. The Morgan fingerprint density at radius 1 is 0.491 bits per heavy atom. The predicted octanol–water partition coefficient (Wildman–Crippen LogP) is 14.5. The minimum atomic E-state index is -0.878. The molecule has 6 heteroatoms. The van der Waals surface area contributed by atoms with Gasteiger partial charge in [-0.3, -0.25) is 9.59 Å². The Hall–Kier alpha value is -1.92. The van der Waals surface area contributed by atoms with Crippen LogP contribution in [0.1, 0.15) is 251 Å². The number of aliphatic hydroxyl groups is 2. The number of aliphatic hydroxyl groups excluding tert-OH is 2. The lowest BCUT2D eigenvalue weighted by Gasteiger charge is -2.19. The van der Waals surface area contributed by atoms with E-state index in [4.69, 9.17) is 4.74 Å². The molecule has 0 rings (SSSR count). The molecule has 0 fully saturated rings. The third-order valence-electron chi connectivity index (χ3n) is 11.2.